The van der Waals surface area contributed by atoms with Crippen LogP contribution in [-0.4, -0.2) is 59.3 Å². The van der Waals surface area contributed by atoms with E-state index in [4.69, 9.17) is 18.9 Å². The number of aromatic nitrogens is 1. The van der Waals surface area contributed by atoms with Crippen LogP contribution in [0, 0.1) is 13.8 Å². The van der Waals surface area contributed by atoms with E-state index >= 15 is 0 Å². The summed E-state index contributed by atoms with van der Waals surface area (Å²) < 4.78 is 66.3. The lowest BCUT2D eigenvalue weighted by Gasteiger charge is -2.34. The van der Waals surface area contributed by atoms with Crippen LogP contribution in [0.5, 0.6) is 0 Å². The number of amides is 1. The highest BCUT2D eigenvalue weighted by atomic mass is 19.4. The number of hydrogen-bond donors (Lipinski definition) is 1. The Balaban J connectivity index is 2.27. The summed E-state index contributed by atoms with van der Waals surface area (Å²) in [6.07, 6.45) is -6.00. The first kappa shape index (κ1) is 39.7. The van der Waals surface area contributed by atoms with Crippen LogP contribution in [0.15, 0.2) is 60.7 Å². The van der Waals surface area contributed by atoms with E-state index in [-0.39, 0.29) is 34.7 Å². The molecule has 3 rings (SSSR count). The van der Waals surface area contributed by atoms with Crippen LogP contribution in [0.1, 0.15) is 90.3 Å². The Bertz CT molecular complexity index is 1650. The monoisotopic (exact) mass is 700 g/mol. The molecule has 2 atom stereocenters. The predicted octanol–water partition coefficient (Wildman–Crippen LogP) is 6.48. The first-order chi connectivity index (χ1) is 23.1. The van der Waals surface area contributed by atoms with Crippen molar-refractivity contribution >= 4 is 23.8 Å². The second kappa shape index (κ2) is 15.4. The van der Waals surface area contributed by atoms with E-state index in [1.165, 1.54) is 32.0 Å². The van der Waals surface area contributed by atoms with Crippen molar-refractivity contribution in [3.8, 4) is 0 Å². The quantitative estimate of drug-likeness (QED) is 0.176. The number of carbonyl (C=O) groups excluding carboxylic acids is 4. The Morgan fingerprint density at radius 2 is 1.22 bits per heavy atom. The molecule has 13 heteroatoms. The molecular formula is C37H43F3N2O8. The van der Waals surface area contributed by atoms with E-state index in [2.05, 4.69) is 10.3 Å². The number of benzene rings is 2. The average Bonchev–Trinajstić information content (AvgIpc) is 2.98. The molecular weight excluding hydrogens is 657 g/mol. The van der Waals surface area contributed by atoms with Crippen LogP contribution < -0.4 is 5.32 Å². The number of aryl methyl sites for hydroxylation is 2. The van der Waals surface area contributed by atoms with Crippen LogP contribution in [-0.2, 0) is 47.2 Å². The number of alkyl halides is 3. The van der Waals surface area contributed by atoms with E-state index in [1.807, 2.05) is 0 Å². The number of carbonyl (C=O) groups is 4. The molecule has 1 aromatic heterocycles. The fourth-order valence-electron chi connectivity index (χ4n) is 5.24. The number of hydrogen-bond acceptors (Lipinski definition) is 9. The molecule has 3 aromatic rings. The second-order valence-electron chi connectivity index (χ2n) is 13.6. The molecule has 0 aliphatic carbocycles. The SMILES string of the molecule is CO[C@](C(=O)N[C@@H](Cc1c(C(=O)OC(C)(C)C)c(C)nc(C)c1C(=O)OC(C)(C)C)C(=O)OCc1ccccc1)(c1ccccc1)C(F)(F)F. The molecule has 1 heterocycles. The number of halogens is 3. The summed E-state index contributed by atoms with van der Waals surface area (Å²) >= 11 is 0. The molecule has 0 saturated carbocycles. The Morgan fingerprint density at radius 1 is 0.760 bits per heavy atom. The molecule has 0 aliphatic heterocycles. The van der Waals surface area contributed by atoms with Gasteiger partial charge in [-0.1, -0.05) is 60.7 Å². The molecule has 0 saturated heterocycles. The molecule has 0 unspecified atom stereocenters. The minimum atomic E-state index is -5.31. The molecule has 1 N–H and O–H groups in total. The zero-order chi connectivity index (χ0) is 37.7. The number of ether oxygens (including phenoxy) is 4. The van der Waals surface area contributed by atoms with E-state index in [0.717, 1.165) is 19.2 Å². The lowest BCUT2D eigenvalue weighted by Crippen LogP contribution is -2.59. The van der Waals surface area contributed by atoms with Gasteiger partial charge < -0.3 is 24.3 Å². The average molecular weight is 701 g/mol. The van der Waals surface area contributed by atoms with Gasteiger partial charge in [0.1, 0.15) is 23.9 Å². The Hall–Kier alpha value is -4.78. The summed E-state index contributed by atoms with van der Waals surface area (Å²) in [4.78, 5) is 59.5. The molecule has 0 aliphatic rings. The van der Waals surface area contributed by atoms with E-state index < -0.39 is 64.8 Å². The molecule has 0 spiro atoms. The summed E-state index contributed by atoms with van der Waals surface area (Å²) in [5.41, 5.74) is -5.97. The van der Waals surface area contributed by atoms with Crippen molar-refractivity contribution in [2.75, 3.05) is 7.11 Å². The van der Waals surface area contributed by atoms with Crippen LogP contribution in [0.3, 0.4) is 0 Å². The van der Waals surface area contributed by atoms with Crippen molar-refractivity contribution in [2.45, 2.75) is 97.4 Å². The third-order valence-corrected chi connectivity index (χ3v) is 7.30. The number of esters is 3. The van der Waals surface area contributed by atoms with Crippen molar-refractivity contribution in [2.24, 2.45) is 0 Å². The maximum absolute atomic E-state index is 14.9. The van der Waals surface area contributed by atoms with Crippen molar-refractivity contribution in [3.05, 3.63) is 99.9 Å². The van der Waals surface area contributed by atoms with Gasteiger partial charge in [-0.2, -0.15) is 13.2 Å². The largest absolute Gasteiger partial charge is 0.459 e. The van der Waals surface area contributed by atoms with Crippen LogP contribution in [0.4, 0.5) is 13.2 Å². The number of nitrogens with zero attached hydrogens (tertiary/aromatic N) is 1. The maximum Gasteiger partial charge on any atom is 0.430 e. The number of methoxy groups -OCH3 is 1. The van der Waals surface area contributed by atoms with Gasteiger partial charge in [-0.3, -0.25) is 9.78 Å². The Labute approximate surface area is 289 Å². The van der Waals surface area contributed by atoms with E-state index in [0.29, 0.717) is 5.56 Å². The lowest BCUT2D eigenvalue weighted by atomic mass is 9.89. The molecule has 0 radical (unpaired) electrons. The standard InChI is InChI=1S/C37H43F3N2O8/c1-22-28(31(44)49-34(3,4)5)26(29(23(2)41-22)32(45)50-35(6,7)8)20-27(30(43)48-21-24-16-12-10-13-17-24)42-33(46)36(47-9,37(38,39)40)25-18-14-11-15-19-25/h10-19,27H,20-21H2,1-9H3,(H,42,46)/t27-,36-/m0/s1. The summed E-state index contributed by atoms with van der Waals surface area (Å²) in [6, 6.07) is 12.8. The molecule has 10 nitrogen and oxygen atoms in total. The maximum atomic E-state index is 14.9. The van der Waals surface area contributed by atoms with Crippen molar-refractivity contribution in [1.82, 2.24) is 10.3 Å². The van der Waals surface area contributed by atoms with Gasteiger partial charge in [0.25, 0.3) is 11.5 Å². The van der Waals surface area contributed by atoms with E-state index in [9.17, 15) is 32.3 Å². The van der Waals surface area contributed by atoms with E-state index in [1.54, 1.807) is 71.9 Å². The molecule has 270 valence electrons. The molecule has 1 amide bonds. The first-order valence-electron chi connectivity index (χ1n) is 15.8. The van der Waals surface area contributed by atoms with Gasteiger partial charge >= 0.3 is 24.1 Å². The van der Waals surface area contributed by atoms with Crippen LogP contribution in [0.25, 0.3) is 0 Å². The minimum Gasteiger partial charge on any atom is -0.459 e. The zero-order valence-electron chi connectivity index (χ0n) is 29.6. The van der Waals surface area contributed by atoms with Gasteiger partial charge in [0, 0.05) is 19.1 Å². The molecule has 0 bridgehead atoms. The van der Waals surface area contributed by atoms with Crippen molar-refractivity contribution < 1.29 is 51.3 Å². The topological polar surface area (TPSA) is 130 Å². The van der Waals surface area contributed by atoms with Gasteiger partial charge in [-0.15, -0.1) is 0 Å². The normalized spacial score (nSPS) is 13.8. The second-order valence-corrected chi connectivity index (χ2v) is 13.6. The van der Waals surface area contributed by atoms with Gasteiger partial charge in [-0.25, -0.2) is 14.4 Å². The van der Waals surface area contributed by atoms with Gasteiger partial charge in [0.05, 0.1) is 22.5 Å². The van der Waals surface area contributed by atoms with Gasteiger partial charge in [-0.05, 0) is 66.5 Å². The highest BCUT2D eigenvalue weighted by Crippen LogP contribution is 2.42. The third kappa shape index (κ3) is 9.46. The summed E-state index contributed by atoms with van der Waals surface area (Å²) in [6.45, 7) is 12.4. The van der Waals surface area contributed by atoms with Crippen molar-refractivity contribution in [1.29, 1.82) is 0 Å². The fourth-order valence-corrected chi connectivity index (χ4v) is 5.24. The number of pyridine rings is 1. The number of rotatable bonds is 11. The summed E-state index contributed by atoms with van der Waals surface area (Å²) in [7, 11) is 0.722. The molecule has 2 aromatic carbocycles. The fraction of sp³-hybridized carbons (Fsp3) is 0.432. The van der Waals surface area contributed by atoms with Crippen LogP contribution in [0.2, 0.25) is 0 Å². The Kier molecular flexibility index (Phi) is 12.2. The number of nitrogens with one attached hydrogen (secondary N) is 1. The first-order valence-corrected chi connectivity index (χ1v) is 15.8. The van der Waals surface area contributed by atoms with Crippen molar-refractivity contribution in [3.63, 3.8) is 0 Å². The van der Waals surface area contributed by atoms with Gasteiger partial charge in [0.15, 0.2) is 0 Å². The molecule has 50 heavy (non-hydrogen) atoms. The summed E-state index contributed by atoms with van der Waals surface area (Å²) in [5.74, 6) is -4.73. The highest BCUT2D eigenvalue weighted by molar-refractivity contribution is 6.00. The van der Waals surface area contributed by atoms with Gasteiger partial charge in [0.2, 0.25) is 0 Å². The Morgan fingerprint density at radius 3 is 1.64 bits per heavy atom. The minimum absolute atomic E-state index is 0.104. The van der Waals surface area contributed by atoms with Crippen LogP contribution >= 0.6 is 0 Å². The lowest BCUT2D eigenvalue weighted by molar-refractivity contribution is -0.266. The highest BCUT2D eigenvalue weighted by Gasteiger charge is 2.63. The molecule has 0 fully saturated rings. The third-order valence-electron chi connectivity index (χ3n) is 7.30. The zero-order valence-corrected chi connectivity index (χ0v) is 29.6. The predicted molar refractivity (Wildman–Crippen MR) is 177 cm³/mol. The smallest absolute Gasteiger partial charge is 0.430 e. The summed E-state index contributed by atoms with van der Waals surface area (Å²) in [5, 5.41) is 2.18.